The molecule has 110 valence electrons. The van der Waals surface area contributed by atoms with Gasteiger partial charge in [0, 0.05) is 0 Å². The van der Waals surface area contributed by atoms with Gasteiger partial charge >= 0.3 is 0 Å². The smallest absolute Gasteiger partial charge is 0.241 e. The standard InChI is InChI=1S/C18H22N2O/c1-12-9-13(2)11-16(10-12)14(3)20-18(21)17(19)15-7-5-4-6-8-15/h4-11,14,17H,19H2,1-3H3,(H,20,21). The fraction of sp³-hybridized carbons (Fsp3) is 0.278. The van der Waals surface area contributed by atoms with E-state index in [2.05, 4.69) is 37.4 Å². The highest BCUT2D eigenvalue weighted by Gasteiger charge is 2.18. The van der Waals surface area contributed by atoms with Crippen LogP contribution in [0.15, 0.2) is 48.5 Å². The van der Waals surface area contributed by atoms with E-state index in [0.29, 0.717) is 0 Å². The van der Waals surface area contributed by atoms with E-state index >= 15 is 0 Å². The van der Waals surface area contributed by atoms with Crippen LogP contribution in [0.1, 0.15) is 41.3 Å². The van der Waals surface area contributed by atoms with E-state index in [1.54, 1.807) is 0 Å². The summed E-state index contributed by atoms with van der Waals surface area (Å²) in [5, 5.41) is 2.98. The summed E-state index contributed by atoms with van der Waals surface area (Å²) in [6.45, 7) is 6.09. The molecule has 0 saturated heterocycles. The van der Waals surface area contributed by atoms with Gasteiger partial charge in [0.15, 0.2) is 0 Å². The third-order valence-electron chi connectivity index (χ3n) is 3.54. The second-order valence-electron chi connectivity index (χ2n) is 5.54. The zero-order valence-electron chi connectivity index (χ0n) is 12.8. The van der Waals surface area contributed by atoms with Crippen molar-refractivity contribution >= 4 is 5.91 Å². The van der Waals surface area contributed by atoms with Gasteiger partial charge in [0.25, 0.3) is 0 Å². The fourth-order valence-electron chi connectivity index (χ4n) is 2.46. The van der Waals surface area contributed by atoms with E-state index in [-0.39, 0.29) is 11.9 Å². The zero-order chi connectivity index (χ0) is 15.4. The number of nitrogens with two attached hydrogens (primary N) is 1. The molecule has 0 aromatic heterocycles. The van der Waals surface area contributed by atoms with Crippen LogP contribution in [0.4, 0.5) is 0 Å². The first kappa shape index (κ1) is 15.3. The Balaban J connectivity index is 2.08. The number of benzene rings is 2. The molecule has 0 fully saturated rings. The number of amides is 1. The molecular weight excluding hydrogens is 260 g/mol. The van der Waals surface area contributed by atoms with Gasteiger partial charge in [-0.25, -0.2) is 0 Å². The second kappa shape index (κ2) is 6.55. The molecule has 1 amide bonds. The maximum atomic E-state index is 12.3. The number of carbonyl (C=O) groups excluding carboxylic acids is 1. The van der Waals surface area contributed by atoms with Crippen molar-refractivity contribution in [1.82, 2.24) is 5.32 Å². The number of nitrogens with one attached hydrogen (secondary N) is 1. The molecule has 3 N–H and O–H groups in total. The predicted octanol–water partition coefficient (Wildman–Crippen LogP) is 3.18. The third kappa shape index (κ3) is 3.92. The van der Waals surface area contributed by atoms with Gasteiger partial charge in [0.05, 0.1) is 6.04 Å². The normalized spacial score (nSPS) is 13.5. The van der Waals surface area contributed by atoms with Crippen LogP contribution in [0.2, 0.25) is 0 Å². The zero-order valence-corrected chi connectivity index (χ0v) is 12.8. The Morgan fingerprint density at radius 2 is 1.57 bits per heavy atom. The SMILES string of the molecule is Cc1cc(C)cc(C(C)NC(=O)C(N)c2ccccc2)c1. The molecule has 3 nitrogen and oxygen atoms in total. The van der Waals surface area contributed by atoms with E-state index in [9.17, 15) is 4.79 Å². The summed E-state index contributed by atoms with van der Waals surface area (Å²) in [5.74, 6) is -0.159. The average molecular weight is 282 g/mol. The van der Waals surface area contributed by atoms with Crippen LogP contribution >= 0.6 is 0 Å². The first-order chi connectivity index (χ1) is 9.97. The molecule has 2 aromatic rings. The summed E-state index contributed by atoms with van der Waals surface area (Å²) in [7, 11) is 0. The first-order valence-corrected chi connectivity index (χ1v) is 7.16. The highest BCUT2D eigenvalue weighted by atomic mass is 16.2. The van der Waals surface area contributed by atoms with Crippen LogP contribution < -0.4 is 11.1 Å². The molecule has 0 aliphatic rings. The quantitative estimate of drug-likeness (QED) is 0.905. The van der Waals surface area contributed by atoms with Gasteiger partial charge < -0.3 is 11.1 Å². The van der Waals surface area contributed by atoms with Gasteiger partial charge in [0.2, 0.25) is 5.91 Å². The average Bonchev–Trinajstić information content (AvgIpc) is 2.46. The Bertz CT molecular complexity index is 602. The molecule has 0 aliphatic heterocycles. The highest BCUT2D eigenvalue weighted by Crippen LogP contribution is 2.18. The molecule has 0 radical (unpaired) electrons. The summed E-state index contributed by atoms with van der Waals surface area (Å²) >= 11 is 0. The molecular formula is C18H22N2O. The number of carbonyl (C=O) groups is 1. The number of hydrogen-bond donors (Lipinski definition) is 2. The van der Waals surface area contributed by atoms with E-state index in [0.717, 1.165) is 11.1 Å². The lowest BCUT2D eigenvalue weighted by molar-refractivity contribution is -0.123. The van der Waals surface area contributed by atoms with Gasteiger partial charge in [-0.3, -0.25) is 4.79 Å². The van der Waals surface area contributed by atoms with Crippen molar-refractivity contribution in [2.24, 2.45) is 5.73 Å². The predicted molar refractivity (Wildman–Crippen MR) is 85.8 cm³/mol. The van der Waals surface area contributed by atoms with E-state index < -0.39 is 6.04 Å². The Labute approximate surface area is 126 Å². The minimum atomic E-state index is -0.639. The van der Waals surface area contributed by atoms with Crippen molar-refractivity contribution in [2.75, 3.05) is 0 Å². The van der Waals surface area contributed by atoms with Gasteiger partial charge in [-0.15, -0.1) is 0 Å². The summed E-state index contributed by atoms with van der Waals surface area (Å²) in [6.07, 6.45) is 0. The molecule has 21 heavy (non-hydrogen) atoms. The molecule has 0 saturated carbocycles. The lowest BCUT2D eigenvalue weighted by Gasteiger charge is -2.19. The van der Waals surface area contributed by atoms with Crippen molar-refractivity contribution in [2.45, 2.75) is 32.9 Å². The minimum Gasteiger partial charge on any atom is -0.348 e. The first-order valence-electron chi connectivity index (χ1n) is 7.16. The van der Waals surface area contributed by atoms with Crippen molar-refractivity contribution < 1.29 is 4.79 Å². The van der Waals surface area contributed by atoms with Crippen LogP contribution in [0.25, 0.3) is 0 Å². The lowest BCUT2D eigenvalue weighted by atomic mass is 10.0. The number of hydrogen-bond acceptors (Lipinski definition) is 2. The fourth-order valence-corrected chi connectivity index (χ4v) is 2.46. The van der Waals surface area contributed by atoms with Crippen LogP contribution in [0.5, 0.6) is 0 Å². The van der Waals surface area contributed by atoms with Crippen molar-refractivity contribution in [3.8, 4) is 0 Å². The van der Waals surface area contributed by atoms with Gasteiger partial charge in [-0.2, -0.15) is 0 Å². The highest BCUT2D eigenvalue weighted by molar-refractivity contribution is 5.83. The van der Waals surface area contributed by atoms with E-state index in [4.69, 9.17) is 5.73 Å². The third-order valence-corrected chi connectivity index (χ3v) is 3.54. The minimum absolute atomic E-state index is 0.0640. The molecule has 2 aromatic carbocycles. The second-order valence-corrected chi connectivity index (χ2v) is 5.54. The summed E-state index contributed by atoms with van der Waals surface area (Å²) in [4.78, 5) is 12.3. The largest absolute Gasteiger partial charge is 0.348 e. The lowest BCUT2D eigenvalue weighted by Crippen LogP contribution is -2.35. The maximum Gasteiger partial charge on any atom is 0.241 e. The van der Waals surface area contributed by atoms with Crippen molar-refractivity contribution in [3.63, 3.8) is 0 Å². The van der Waals surface area contributed by atoms with Gasteiger partial charge in [-0.1, -0.05) is 59.7 Å². The van der Waals surface area contributed by atoms with Crippen LogP contribution in [-0.4, -0.2) is 5.91 Å². The topological polar surface area (TPSA) is 55.1 Å². The molecule has 0 aliphatic carbocycles. The monoisotopic (exact) mass is 282 g/mol. The molecule has 0 heterocycles. The Morgan fingerprint density at radius 1 is 1.00 bits per heavy atom. The summed E-state index contributed by atoms with van der Waals surface area (Å²) in [5.41, 5.74) is 10.3. The number of rotatable bonds is 4. The van der Waals surface area contributed by atoms with Gasteiger partial charge in [0.1, 0.15) is 6.04 Å². The number of aryl methyl sites for hydroxylation is 2. The summed E-state index contributed by atoms with van der Waals surface area (Å²) < 4.78 is 0. The van der Waals surface area contributed by atoms with E-state index in [1.165, 1.54) is 11.1 Å². The van der Waals surface area contributed by atoms with Crippen molar-refractivity contribution in [3.05, 3.63) is 70.8 Å². The maximum absolute atomic E-state index is 12.3. The Morgan fingerprint density at radius 3 is 2.14 bits per heavy atom. The molecule has 2 atom stereocenters. The molecule has 0 bridgehead atoms. The Kier molecular flexibility index (Phi) is 4.76. The van der Waals surface area contributed by atoms with Crippen molar-refractivity contribution in [1.29, 1.82) is 0 Å². The van der Waals surface area contributed by atoms with Gasteiger partial charge in [-0.05, 0) is 31.9 Å². The molecule has 2 rings (SSSR count). The molecule has 3 heteroatoms. The van der Waals surface area contributed by atoms with Crippen LogP contribution in [0.3, 0.4) is 0 Å². The Hall–Kier alpha value is -2.13. The van der Waals surface area contributed by atoms with Crippen LogP contribution in [-0.2, 0) is 4.79 Å². The van der Waals surface area contributed by atoms with E-state index in [1.807, 2.05) is 37.3 Å². The van der Waals surface area contributed by atoms with Crippen LogP contribution in [0, 0.1) is 13.8 Å². The summed E-state index contributed by atoms with van der Waals surface area (Å²) in [6, 6.07) is 15.0. The molecule has 2 unspecified atom stereocenters. The molecule has 0 spiro atoms.